The number of carbonyl (C=O) groups is 1. The molecule has 2 aromatic carbocycles. The largest absolute Gasteiger partial charge is 0.493 e. The topological polar surface area (TPSA) is 47.6 Å². The van der Waals surface area contributed by atoms with E-state index in [0.29, 0.717) is 22.1 Å². The molecule has 0 bridgehead atoms. The molecule has 112 valence electrons. The molecule has 0 aromatic heterocycles. The normalized spacial score (nSPS) is 14.7. The van der Waals surface area contributed by atoms with Crippen molar-refractivity contribution in [3.05, 3.63) is 52.5 Å². The highest BCUT2D eigenvalue weighted by Crippen LogP contribution is 2.36. The Morgan fingerprint density at radius 1 is 1.05 bits per heavy atom. The first-order valence-electron chi connectivity index (χ1n) is 6.67. The van der Waals surface area contributed by atoms with Gasteiger partial charge >= 0.3 is 0 Å². The Morgan fingerprint density at radius 2 is 1.82 bits per heavy atom. The average Bonchev–Trinajstić information content (AvgIpc) is 2.83. The number of ether oxygens (including phenoxy) is 2. The summed E-state index contributed by atoms with van der Waals surface area (Å²) in [5.74, 6) is 1.11. The third-order valence-electron chi connectivity index (χ3n) is 3.48. The number of nitrogens with one attached hydrogen (secondary N) is 1. The molecule has 4 nitrogen and oxygen atoms in total. The zero-order chi connectivity index (χ0) is 15.7. The number of anilines is 1. The van der Waals surface area contributed by atoms with Crippen LogP contribution in [0.15, 0.2) is 36.4 Å². The molecule has 3 rings (SSSR count). The highest BCUT2D eigenvalue weighted by Gasteiger charge is 2.24. The van der Waals surface area contributed by atoms with Gasteiger partial charge in [0.25, 0.3) is 5.91 Å². The molecule has 0 saturated carbocycles. The fourth-order valence-corrected chi connectivity index (χ4v) is 2.58. The molecule has 0 saturated heterocycles. The third kappa shape index (κ3) is 2.53. The van der Waals surface area contributed by atoms with Crippen molar-refractivity contribution in [3.8, 4) is 11.5 Å². The maximum atomic E-state index is 12.1. The molecule has 22 heavy (non-hydrogen) atoms. The van der Waals surface area contributed by atoms with Gasteiger partial charge in [-0.25, -0.2) is 0 Å². The highest BCUT2D eigenvalue weighted by atomic mass is 35.5. The second kappa shape index (κ2) is 5.73. The van der Waals surface area contributed by atoms with Gasteiger partial charge in [0.05, 0.1) is 14.2 Å². The molecular weight excluding hydrogens is 302 g/mol. The predicted octanol–water partition coefficient (Wildman–Crippen LogP) is 3.85. The summed E-state index contributed by atoms with van der Waals surface area (Å²) < 4.78 is 10.5. The van der Waals surface area contributed by atoms with Crippen molar-refractivity contribution >= 4 is 34.8 Å². The molecule has 1 aliphatic rings. The van der Waals surface area contributed by atoms with E-state index in [1.807, 2.05) is 12.1 Å². The summed E-state index contributed by atoms with van der Waals surface area (Å²) in [4.78, 5) is 12.1. The fraction of sp³-hybridized carbons (Fsp3) is 0.118. The zero-order valence-corrected chi connectivity index (χ0v) is 12.9. The second-order valence-electron chi connectivity index (χ2n) is 4.82. The van der Waals surface area contributed by atoms with E-state index in [9.17, 15) is 4.79 Å². The number of hydrogen-bond donors (Lipinski definition) is 1. The number of methoxy groups -OCH3 is 2. The van der Waals surface area contributed by atoms with Crippen molar-refractivity contribution in [1.82, 2.24) is 0 Å². The number of carbonyl (C=O) groups excluding carboxylic acids is 1. The van der Waals surface area contributed by atoms with Gasteiger partial charge in [0.1, 0.15) is 0 Å². The quantitative estimate of drug-likeness (QED) is 0.875. The summed E-state index contributed by atoms with van der Waals surface area (Å²) in [6.07, 6.45) is 1.81. The lowest BCUT2D eigenvalue weighted by atomic mass is 10.0. The van der Waals surface area contributed by atoms with Crippen molar-refractivity contribution in [2.45, 2.75) is 0 Å². The molecule has 0 fully saturated rings. The van der Waals surface area contributed by atoms with Gasteiger partial charge in [-0.15, -0.1) is 0 Å². The van der Waals surface area contributed by atoms with Crippen molar-refractivity contribution in [2.24, 2.45) is 0 Å². The molecule has 1 N–H and O–H groups in total. The Hall–Kier alpha value is -2.46. The van der Waals surface area contributed by atoms with Gasteiger partial charge in [-0.1, -0.05) is 17.7 Å². The lowest BCUT2D eigenvalue weighted by Gasteiger charge is -2.08. The first-order valence-corrected chi connectivity index (χ1v) is 7.05. The minimum Gasteiger partial charge on any atom is -0.493 e. The number of amides is 1. The summed E-state index contributed by atoms with van der Waals surface area (Å²) in [6, 6.07) is 10.8. The number of fused-ring (bicyclic) bond motifs is 1. The Balaban J connectivity index is 2.06. The van der Waals surface area contributed by atoms with Crippen LogP contribution in [0.25, 0.3) is 11.6 Å². The van der Waals surface area contributed by atoms with E-state index in [0.717, 1.165) is 16.8 Å². The Labute approximate surface area is 133 Å². The number of hydrogen-bond acceptors (Lipinski definition) is 3. The summed E-state index contributed by atoms with van der Waals surface area (Å²) in [5, 5.41) is 3.42. The highest BCUT2D eigenvalue weighted by molar-refractivity contribution is 6.36. The van der Waals surface area contributed by atoms with Gasteiger partial charge in [-0.2, -0.15) is 0 Å². The molecule has 0 spiro atoms. The molecule has 5 heteroatoms. The van der Waals surface area contributed by atoms with Crippen molar-refractivity contribution in [3.63, 3.8) is 0 Å². The molecule has 1 heterocycles. The van der Waals surface area contributed by atoms with E-state index in [2.05, 4.69) is 5.32 Å². The summed E-state index contributed by atoms with van der Waals surface area (Å²) in [5.41, 5.74) is 2.98. The van der Waals surface area contributed by atoms with Crippen LogP contribution in [0.3, 0.4) is 0 Å². The van der Waals surface area contributed by atoms with Crippen LogP contribution in [-0.2, 0) is 4.79 Å². The van der Waals surface area contributed by atoms with Gasteiger partial charge in [0, 0.05) is 21.8 Å². The van der Waals surface area contributed by atoms with Crippen molar-refractivity contribution < 1.29 is 14.3 Å². The molecule has 1 amide bonds. The van der Waals surface area contributed by atoms with Gasteiger partial charge < -0.3 is 14.8 Å². The Morgan fingerprint density at radius 3 is 2.55 bits per heavy atom. The van der Waals surface area contributed by atoms with Gasteiger partial charge in [0.2, 0.25) is 0 Å². The van der Waals surface area contributed by atoms with Crippen LogP contribution in [0.5, 0.6) is 11.5 Å². The van der Waals surface area contributed by atoms with Crippen LogP contribution in [-0.4, -0.2) is 20.1 Å². The van der Waals surface area contributed by atoms with Crippen molar-refractivity contribution in [1.29, 1.82) is 0 Å². The monoisotopic (exact) mass is 315 g/mol. The SMILES string of the molecule is COc1ccc(C=C2C(=O)Nc3ccc(Cl)cc32)cc1OC. The first kappa shape index (κ1) is 14.5. The van der Waals surface area contributed by atoms with Crippen LogP contribution < -0.4 is 14.8 Å². The first-order chi connectivity index (χ1) is 10.6. The molecule has 0 radical (unpaired) electrons. The smallest absolute Gasteiger partial charge is 0.256 e. The summed E-state index contributed by atoms with van der Waals surface area (Å²) in [6.45, 7) is 0. The summed E-state index contributed by atoms with van der Waals surface area (Å²) >= 11 is 6.02. The number of rotatable bonds is 3. The third-order valence-corrected chi connectivity index (χ3v) is 3.72. The Kier molecular flexibility index (Phi) is 3.77. The molecule has 0 unspecified atom stereocenters. The van der Waals surface area contributed by atoms with E-state index in [-0.39, 0.29) is 5.91 Å². The minimum atomic E-state index is -0.146. The predicted molar refractivity (Wildman–Crippen MR) is 87.5 cm³/mol. The summed E-state index contributed by atoms with van der Waals surface area (Å²) in [7, 11) is 3.16. The zero-order valence-electron chi connectivity index (χ0n) is 12.1. The average molecular weight is 316 g/mol. The maximum absolute atomic E-state index is 12.1. The standard InChI is InChI=1S/C17H14ClNO3/c1-21-15-6-3-10(8-16(15)22-2)7-13-12-9-11(18)4-5-14(12)19-17(13)20/h3-9H,1-2H3,(H,19,20). The van der Waals surface area contributed by atoms with E-state index in [4.69, 9.17) is 21.1 Å². The van der Waals surface area contributed by atoms with Crippen LogP contribution >= 0.6 is 11.6 Å². The van der Waals surface area contributed by atoms with Crippen LogP contribution in [0.2, 0.25) is 5.02 Å². The lowest BCUT2D eigenvalue weighted by molar-refractivity contribution is -0.110. The van der Waals surface area contributed by atoms with E-state index >= 15 is 0 Å². The fourth-order valence-electron chi connectivity index (χ4n) is 2.41. The second-order valence-corrected chi connectivity index (χ2v) is 5.25. The van der Waals surface area contributed by atoms with Crippen LogP contribution in [0.1, 0.15) is 11.1 Å². The van der Waals surface area contributed by atoms with E-state index in [1.54, 1.807) is 44.6 Å². The number of halogens is 1. The molecule has 0 atom stereocenters. The molecule has 1 aliphatic heterocycles. The molecular formula is C17H14ClNO3. The van der Waals surface area contributed by atoms with Gasteiger partial charge in [-0.05, 0) is 42.0 Å². The van der Waals surface area contributed by atoms with Crippen LogP contribution in [0.4, 0.5) is 5.69 Å². The minimum absolute atomic E-state index is 0.146. The van der Waals surface area contributed by atoms with E-state index < -0.39 is 0 Å². The van der Waals surface area contributed by atoms with Crippen LogP contribution in [0, 0.1) is 0 Å². The van der Waals surface area contributed by atoms with Crippen molar-refractivity contribution in [2.75, 3.05) is 19.5 Å². The van der Waals surface area contributed by atoms with E-state index in [1.165, 1.54) is 0 Å². The maximum Gasteiger partial charge on any atom is 0.256 e. The Bertz CT molecular complexity index is 783. The molecule has 0 aliphatic carbocycles. The number of benzene rings is 2. The van der Waals surface area contributed by atoms with Gasteiger partial charge in [-0.3, -0.25) is 4.79 Å². The molecule has 2 aromatic rings. The lowest BCUT2D eigenvalue weighted by Crippen LogP contribution is -2.03. The van der Waals surface area contributed by atoms with Gasteiger partial charge in [0.15, 0.2) is 11.5 Å².